The van der Waals surface area contributed by atoms with Crippen molar-refractivity contribution < 1.29 is 4.52 Å². The van der Waals surface area contributed by atoms with Crippen LogP contribution in [-0.2, 0) is 0 Å². The lowest BCUT2D eigenvalue weighted by molar-refractivity contribution is 0.359. The first-order valence-corrected chi connectivity index (χ1v) is 6.06. The lowest BCUT2D eigenvalue weighted by Crippen LogP contribution is -2.14. The molecule has 0 aliphatic heterocycles. The largest absolute Gasteiger partial charge is 0.339 e. The van der Waals surface area contributed by atoms with Crippen LogP contribution >= 0.6 is 15.9 Å². The minimum atomic E-state index is -0.420. The molecule has 0 aliphatic rings. The van der Waals surface area contributed by atoms with E-state index in [1.807, 2.05) is 19.9 Å². The maximum absolute atomic E-state index is 6.05. The van der Waals surface area contributed by atoms with Crippen LogP contribution in [0.15, 0.2) is 27.5 Å². The van der Waals surface area contributed by atoms with Gasteiger partial charge in [0.05, 0.1) is 6.04 Å². The van der Waals surface area contributed by atoms with Gasteiger partial charge in [-0.2, -0.15) is 4.98 Å². The second kappa shape index (κ2) is 4.93. The molecule has 2 N–H and O–H groups in total. The maximum atomic E-state index is 6.05. The second-order valence-corrected chi connectivity index (χ2v) is 4.98. The number of hydrogen-bond donors (Lipinski definition) is 1. The maximum Gasteiger partial charge on any atom is 0.229 e. The first kappa shape index (κ1) is 12.2. The van der Waals surface area contributed by atoms with Gasteiger partial charge in [-0.15, -0.1) is 0 Å². The molecule has 17 heavy (non-hydrogen) atoms. The molecule has 0 bridgehead atoms. The zero-order valence-corrected chi connectivity index (χ0v) is 11.2. The molecule has 6 heteroatoms. The van der Waals surface area contributed by atoms with Crippen LogP contribution in [0.3, 0.4) is 0 Å². The van der Waals surface area contributed by atoms with Crippen LogP contribution in [0.1, 0.15) is 43.1 Å². The summed E-state index contributed by atoms with van der Waals surface area (Å²) in [5, 5.41) is 3.89. The highest BCUT2D eigenvalue weighted by Gasteiger charge is 2.18. The number of rotatable bonds is 3. The second-order valence-electron chi connectivity index (χ2n) is 4.06. The Morgan fingerprint density at radius 3 is 2.71 bits per heavy atom. The Bertz CT molecular complexity index is 512. The molecule has 0 radical (unpaired) electrons. The highest BCUT2D eigenvalue weighted by Crippen LogP contribution is 2.21. The van der Waals surface area contributed by atoms with Crippen molar-refractivity contribution in [1.29, 1.82) is 0 Å². The summed E-state index contributed by atoms with van der Waals surface area (Å²) in [5.41, 5.74) is 6.90. The molecule has 0 aromatic carbocycles. The Kier molecular flexibility index (Phi) is 3.54. The summed E-state index contributed by atoms with van der Waals surface area (Å²) < 4.78 is 6.00. The molecular formula is C11H13BrN4O. The summed E-state index contributed by atoms with van der Waals surface area (Å²) in [6.45, 7) is 3.98. The fourth-order valence-corrected chi connectivity index (χ4v) is 1.74. The molecule has 0 amide bonds. The minimum absolute atomic E-state index is 0.198. The molecule has 1 atom stereocenters. The lowest BCUT2D eigenvalue weighted by Gasteiger charge is -2.06. The van der Waals surface area contributed by atoms with Gasteiger partial charge in [0.1, 0.15) is 0 Å². The van der Waals surface area contributed by atoms with Gasteiger partial charge < -0.3 is 10.3 Å². The van der Waals surface area contributed by atoms with E-state index in [0.717, 1.165) is 10.0 Å². The van der Waals surface area contributed by atoms with Crippen molar-refractivity contribution in [3.8, 4) is 0 Å². The first-order chi connectivity index (χ1) is 8.08. The molecule has 2 heterocycles. The normalized spacial score (nSPS) is 13.0. The Morgan fingerprint density at radius 1 is 1.35 bits per heavy atom. The molecule has 0 saturated heterocycles. The van der Waals surface area contributed by atoms with E-state index in [1.54, 1.807) is 12.4 Å². The number of aromatic nitrogens is 3. The van der Waals surface area contributed by atoms with Gasteiger partial charge in [0.15, 0.2) is 5.82 Å². The summed E-state index contributed by atoms with van der Waals surface area (Å²) in [6, 6.07) is 1.47. The van der Waals surface area contributed by atoms with Crippen molar-refractivity contribution in [2.24, 2.45) is 5.73 Å². The number of nitrogens with zero attached hydrogens (tertiary/aromatic N) is 3. The average Bonchev–Trinajstić information content (AvgIpc) is 2.77. The monoisotopic (exact) mass is 296 g/mol. The van der Waals surface area contributed by atoms with Crippen LogP contribution in [0.4, 0.5) is 0 Å². The van der Waals surface area contributed by atoms with Gasteiger partial charge in [0.2, 0.25) is 5.89 Å². The topological polar surface area (TPSA) is 77.8 Å². The zero-order valence-electron chi connectivity index (χ0n) is 9.59. The summed E-state index contributed by atoms with van der Waals surface area (Å²) >= 11 is 3.35. The van der Waals surface area contributed by atoms with Crippen LogP contribution < -0.4 is 5.73 Å². The summed E-state index contributed by atoms with van der Waals surface area (Å²) in [7, 11) is 0. The van der Waals surface area contributed by atoms with E-state index in [1.165, 1.54) is 0 Å². The lowest BCUT2D eigenvalue weighted by atomic mass is 10.1. The average molecular weight is 297 g/mol. The zero-order chi connectivity index (χ0) is 12.4. The highest BCUT2D eigenvalue weighted by molar-refractivity contribution is 9.10. The van der Waals surface area contributed by atoms with Crippen molar-refractivity contribution in [3.05, 3.63) is 40.2 Å². The molecule has 2 aromatic heterocycles. The highest BCUT2D eigenvalue weighted by atomic mass is 79.9. The van der Waals surface area contributed by atoms with E-state index >= 15 is 0 Å². The van der Waals surface area contributed by atoms with Gasteiger partial charge in [-0.25, -0.2) is 0 Å². The van der Waals surface area contributed by atoms with E-state index in [9.17, 15) is 0 Å². The summed E-state index contributed by atoms with van der Waals surface area (Å²) in [5.74, 6) is 1.27. The van der Waals surface area contributed by atoms with Crippen LogP contribution in [0.5, 0.6) is 0 Å². The fourth-order valence-electron chi connectivity index (χ4n) is 1.36. The van der Waals surface area contributed by atoms with Gasteiger partial charge in [-0.05, 0) is 27.6 Å². The Hall–Kier alpha value is -1.27. The van der Waals surface area contributed by atoms with Crippen molar-refractivity contribution >= 4 is 15.9 Å². The molecule has 0 saturated carbocycles. The molecule has 1 unspecified atom stereocenters. The third kappa shape index (κ3) is 2.70. The Morgan fingerprint density at radius 2 is 2.12 bits per heavy atom. The Labute approximate surface area is 108 Å². The van der Waals surface area contributed by atoms with Gasteiger partial charge in [-0.3, -0.25) is 4.98 Å². The standard InChI is InChI=1S/C11H13BrN4O/c1-6(2)11-15-10(16-17-11)9(13)7-3-8(12)5-14-4-7/h3-6,9H,13H2,1-2H3. The van der Waals surface area contributed by atoms with Crippen molar-refractivity contribution in [1.82, 2.24) is 15.1 Å². The van der Waals surface area contributed by atoms with E-state index in [4.69, 9.17) is 10.3 Å². The number of hydrogen-bond acceptors (Lipinski definition) is 5. The number of pyridine rings is 1. The summed E-state index contributed by atoms with van der Waals surface area (Å²) in [4.78, 5) is 8.33. The van der Waals surface area contributed by atoms with E-state index in [-0.39, 0.29) is 5.92 Å². The van der Waals surface area contributed by atoms with E-state index < -0.39 is 6.04 Å². The SMILES string of the molecule is CC(C)c1nc(C(N)c2cncc(Br)c2)no1. The molecule has 0 fully saturated rings. The van der Waals surface area contributed by atoms with E-state index in [0.29, 0.717) is 11.7 Å². The van der Waals surface area contributed by atoms with Crippen LogP contribution in [0.25, 0.3) is 0 Å². The molecule has 5 nitrogen and oxygen atoms in total. The molecule has 0 spiro atoms. The molecule has 90 valence electrons. The first-order valence-electron chi connectivity index (χ1n) is 5.27. The van der Waals surface area contributed by atoms with Gasteiger partial charge in [0.25, 0.3) is 0 Å². The molecule has 0 aliphatic carbocycles. The summed E-state index contributed by atoms with van der Waals surface area (Å²) in [6.07, 6.45) is 3.40. The van der Waals surface area contributed by atoms with Crippen LogP contribution in [0.2, 0.25) is 0 Å². The molecular weight excluding hydrogens is 284 g/mol. The van der Waals surface area contributed by atoms with Crippen LogP contribution in [-0.4, -0.2) is 15.1 Å². The van der Waals surface area contributed by atoms with Gasteiger partial charge >= 0.3 is 0 Å². The quantitative estimate of drug-likeness (QED) is 0.941. The number of halogens is 1. The Balaban J connectivity index is 2.27. The van der Waals surface area contributed by atoms with E-state index in [2.05, 4.69) is 31.1 Å². The smallest absolute Gasteiger partial charge is 0.229 e. The predicted molar refractivity (Wildman–Crippen MR) is 66.4 cm³/mol. The van der Waals surface area contributed by atoms with Crippen molar-refractivity contribution in [2.45, 2.75) is 25.8 Å². The molecule has 2 rings (SSSR count). The minimum Gasteiger partial charge on any atom is -0.339 e. The predicted octanol–water partition coefficient (Wildman–Crippen LogP) is 2.40. The third-order valence-electron chi connectivity index (χ3n) is 2.31. The third-order valence-corrected chi connectivity index (χ3v) is 2.75. The van der Waals surface area contributed by atoms with Crippen molar-refractivity contribution in [2.75, 3.05) is 0 Å². The number of nitrogens with two attached hydrogens (primary N) is 1. The van der Waals surface area contributed by atoms with Crippen LogP contribution in [0, 0.1) is 0 Å². The van der Waals surface area contributed by atoms with Gasteiger partial charge in [-0.1, -0.05) is 19.0 Å². The van der Waals surface area contributed by atoms with Gasteiger partial charge in [0, 0.05) is 22.8 Å². The van der Waals surface area contributed by atoms with Crippen molar-refractivity contribution in [3.63, 3.8) is 0 Å². The molecule has 2 aromatic rings. The fraction of sp³-hybridized carbons (Fsp3) is 0.364.